The molecule has 0 bridgehead atoms. The van der Waals surface area contributed by atoms with Crippen molar-refractivity contribution in [3.63, 3.8) is 0 Å². The van der Waals surface area contributed by atoms with Crippen LogP contribution in [0.1, 0.15) is 12.8 Å². The second kappa shape index (κ2) is 5.98. The maximum Gasteiger partial charge on any atom is 0.308 e. The van der Waals surface area contributed by atoms with Crippen LogP contribution in [-0.2, 0) is 19.6 Å². The molecule has 2 rings (SSSR count). The minimum absolute atomic E-state index is 0.159. The summed E-state index contributed by atoms with van der Waals surface area (Å²) in [6.07, 6.45) is 0.727. The third-order valence-electron chi connectivity index (χ3n) is 3.56. The minimum Gasteiger partial charge on any atom is -0.469 e. The Morgan fingerprint density at radius 2 is 2.00 bits per heavy atom. The number of nitrogens with two attached hydrogens (primary N) is 1. The van der Waals surface area contributed by atoms with Gasteiger partial charge in [0, 0.05) is 18.8 Å². The molecule has 1 fully saturated rings. The first kappa shape index (κ1) is 15.7. The van der Waals surface area contributed by atoms with E-state index in [9.17, 15) is 17.6 Å². The van der Waals surface area contributed by atoms with Crippen LogP contribution in [0.15, 0.2) is 23.1 Å². The van der Waals surface area contributed by atoms with E-state index in [4.69, 9.17) is 5.73 Å². The number of halogens is 1. The van der Waals surface area contributed by atoms with Crippen molar-refractivity contribution < 1.29 is 22.3 Å². The molecule has 1 aliphatic rings. The number of esters is 1. The number of piperidine rings is 1. The molecule has 0 atom stereocenters. The summed E-state index contributed by atoms with van der Waals surface area (Å²) in [6.45, 7) is 0.317. The molecule has 0 aliphatic carbocycles. The van der Waals surface area contributed by atoms with Gasteiger partial charge in [-0.3, -0.25) is 4.79 Å². The van der Waals surface area contributed by atoms with Crippen LogP contribution in [0, 0.1) is 11.7 Å². The number of benzene rings is 1. The number of nitrogens with zero attached hydrogens (tertiary/aromatic N) is 1. The SMILES string of the molecule is COC(=O)C1CCN(S(=O)(=O)c2ccc(N)cc2F)CC1. The van der Waals surface area contributed by atoms with E-state index in [1.54, 1.807) is 0 Å². The third kappa shape index (κ3) is 3.16. The summed E-state index contributed by atoms with van der Waals surface area (Å²) in [5.74, 6) is -1.52. The first-order valence-electron chi connectivity index (χ1n) is 6.49. The van der Waals surface area contributed by atoms with Gasteiger partial charge in [0.1, 0.15) is 10.7 Å². The quantitative estimate of drug-likeness (QED) is 0.663. The summed E-state index contributed by atoms with van der Waals surface area (Å²) in [5, 5.41) is 0. The molecular formula is C13H17FN2O4S. The number of methoxy groups -OCH3 is 1. The molecule has 0 aromatic heterocycles. The molecule has 0 amide bonds. The molecule has 21 heavy (non-hydrogen) atoms. The van der Waals surface area contributed by atoms with Gasteiger partial charge < -0.3 is 10.5 Å². The van der Waals surface area contributed by atoms with Gasteiger partial charge in [0.05, 0.1) is 13.0 Å². The molecular weight excluding hydrogens is 299 g/mol. The van der Waals surface area contributed by atoms with Crippen LogP contribution >= 0.6 is 0 Å². The number of carbonyl (C=O) groups excluding carboxylic acids is 1. The average Bonchev–Trinajstić information content (AvgIpc) is 2.46. The van der Waals surface area contributed by atoms with Gasteiger partial charge in [-0.15, -0.1) is 0 Å². The Bertz CT molecular complexity index is 640. The lowest BCUT2D eigenvalue weighted by molar-refractivity contribution is -0.146. The monoisotopic (exact) mass is 316 g/mol. The lowest BCUT2D eigenvalue weighted by atomic mass is 9.99. The minimum atomic E-state index is -3.91. The van der Waals surface area contributed by atoms with E-state index in [2.05, 4.69) is 4.74 Å². The van der Waals surface area contributed by atoms with Crippen molar-refractivity contribution >= 4 is 21.7 Å². The van der Waals surface area contributed by atoms with Gasteiger partial charge in [-0.1, -0.05) is 0 Å². The van der Waals surface area contributed by atoms with Crippen molar-refractivity contribution in [1.29, 1.82) is 0 Å². The highest BCUT2D eigenvalue weighted by atomic mass is 32.2. The van der Waals surface area contributed by atoms with E-state index in [0.717, 1.165) is 12.1 Å². The van der Waals surface area contributed by atoms with E-state index in [1.165, 1.54) is 17.5 Å². The Labute approximate surface area is 122 Å². The van der Waals surface area contributed by atoms with Gasteiger partial charge in [-0.05, 0) is 31.0 Å². The highest BCUT2D eigenvalue weighted by molar-refractivity contribution is 7.89. The molecule has 1 heterocycles. The summed E-state index contributed by atoms with van der Waals surface area (Å²) >= 11 is 0. The van der Waals surface area contributed by atoms with Crippen LogP contribution in [-0.4, -0.2) is 38.9 Å². The molecule has 8 heteroatoms. The Morgan fingerprint density at radius 3 is 2.52 bits per heavy atom. The molecule has 0 saturated carbocycles. The predicted molar refractivity (Wildman–Crippen MR) is 74.3 cm³/mol. The van der Waals surface area contributed by atoms with Crippen LogP contribution in [0.5, 0.6) is 0 Å². The van der Waals surface area contributed by atoms with E-state index < -0.39 is 20.7 Å². The van der Waals surface area contributed by atoms with E-state index in [0.29, 0.717) is 12.8 Å². The zero-order chi connectivity index (χ0) is 15.6. The van der Waals surface area contributed by atoms with Crippen LogP contribution in [0.25, 0.3) is 0 Å². The number of anilines is 1. The second-order valence-corrected chi connectivity index (χ2v) is 6.80. The normalized spacial score (nSPS) is 17.6. The van der Waals surface area contributed by atoms with Gasteiger partial charge >= 0.3 is 5.97 Å². The van der Waals surface area contributed by atoms with E-state index in [-0.39, 0.29) is 30.7 Å². The molecule has 0 spiro atoms. The first-order valence-corrected chi connectivity index (χ1v) is 7.93. The fraction of sp³-hybridized carbons (Fsp3) is 0.462. The lowest BCUT2D eigenvalue weighted by Gasteiger charge is -2.29. The van der Waals surface area contributed by atoms with E-state index >= 15 is 0 Å². The topological polar surface area (TPSA) is 89.7 Å². The Balaban J connectivity index is 2.17. The number of hydrogen-bond acceptors (Lipinski definition) is 5. The van der Waals surface area contributed by atoms with Gasteiger partial charge in [-0.25, -0.2) is 12.8 Å². The molecule has 2 N–H and O–H groups in total. The third-order valence-corrected chi connectivity index (χ3v) is 5.49. The Hall–Kier alpha value is -1.67. The standard InChI is InChI=1S/C13H17FN2O4S/c1-20-13(17)9-4-6-16(7-5-9)21(18,19)12-3-2-10(15)8-11(12)14/h2-3,8-9H,4-7,15H2,1H3. The Kier molecular flexibility index (Phi) is 4.48. The van der Waals surface area contributed by atoms with Crippen LogP contribution in [0.4, 0.5) is 10.1 Å². The molecule has 116 valence electrons. The zero-order valence-electron chi connectivity index (χ0n) is 11.6. The van der Waals surface area contributed by atoms with Crippen molar-refractivity contribution in [3.05, 3.63) is 24.0 Å². The summed E-state index contributed by atoms with van der Waals surface area (Å²) in [6, 6.07) is 3.48. The van der Waals surface area contributed by atoms with Crippen molar-refractivity contribution in [2.45, 2.75) is 17.7 Å². The maximum atomic E-state index is 13.8. The molecule has 1 saturated heterocycles. The smallest absolute Gasteiger partial charge is 0.308 e. The number of rotatable bonds is 3. The molecule has 1 aliphatic heterocycles. The summed E-state index contributed by atoms with van der Waals surface area (Å²) in [5.41, 5.74) is 5.58. The number of hydrogen-bond donors (Lipinski definition) is 1. The van der Waals surface area contributed by atoms with Crippen LogP contribution in [0.2, 0.25) is 0 Å². The fourth-order valence-corrected chi connectivity index (χ4v) is 3.88. The van der Waals surface area contributed by atoms with E-state index in [1.807, 2.05) is 0 Å². The van der Waals surface area contributed by atoms with Crippen LogP contribution < -0.4 is 5.73 Å². The second-order valence-electron chi connectivity index (χ2n) is 4.89. The number of carbonyl (C=O) groups is 1. The predicted octanol–water partition coefficient (Wildman–Crippen LogP) is 0.982. The molecule has 0 unspecified atom stereocenters. The van der Waals surface area contributed by atoms with Crippen molar-refractivity contribution in [2.24, 2.45) is 5.92 Å². The van der Waals surface area contributed by atoms with Crippen molar-refractivity contribution in [1.82, 2.24) is 4.31 Å². The molecule has 0 radical (unpaired) electrons. The van der Waals surface area contributed by atoms with Gasteiger partial charge in [0.2, 0.25) is 10.0 Å². The fourth-order valence-electron chi connectivity index (χ4n) is 2.36. The summed E-state index contributed by atoms with van der Waals surface area (Å²) < 4.78 is 44.4. The number of ether oxygens (including phenoxy) is 1. The Morgan fingerprint density at radius 1 is 1.38 bits per heavy atom. The molecule has 6 nitrogen and oxygen atoms in total. The molecule has 1 aromatic rings. The zero-order valence-corrected chi connectivity index (χ0v) is 12.4. The summed E-state index contributed by atoms with van der Waals surface area (Å²) in [7, 11) is -2.61. The number of nitrogen functional groups attached to an aromatic ring is 1. The van der Waals surface area contributed by atoms with Gasteiger partial charge in [0.25, 0.3) is 0 Å². The van der Waals surface area contributed by atoms with Gasteiger partial charge in [0.15, 0.2) is 0 Å². The highest BCUT2D eigenvalue weighted by Crippen LogP contribution is 2.26. The molecule has 1 aromatic carbocycles. The van der Waals surface area contributed by atoms with Crippen molar-refractivity contribution in [3.8, 4) is 0 Å². The van der Waals surface area contributed by atoms with Crippen molar-refractivity contribution in [2.75, 3.05) is 25.9 Å². The first-order chi connectivity index (χ1) is 9.86. The number of sulfonamides is 1. The lowest BCUT2D eigenvalue weighted by Crippen LogP contribution is -2.40. The summed E-state index contributed by atoms with van der Waals surface area (Å²) in [4.78, 5) is 11.0. The van der Waals surface area contributed by atoms with Crippen LogP contribution in [0.3, 0.4) is 0 Å². The van der Waals surface area contributed by atoms with Gasteiger partial charge in [-0.2, -0.15) is 4.31 Å². The largest absolute Gasteiger partial charge is 0.469 e. The highest BCUT2D eigenvalue weighted by Gasteiger charge is 2.33. The maximum absolute atomic E-state index is 13.8. The average molecular weight is 316 g/mol.